The average Bonchev–Trinajstić information content (AvgIpc) is 3.59. The summed E-state index contributed by atoms with van der Waals surface area (Å²) in [7, 11) is 2.38. The van der Waals surface area contributed by atoms with E-state index < -0.39 is 47.7 Å². The molecule has 0 saturated carbocycles. The summed E-state index contributed by atoms with van der Waals surface area (Å²) in [6, 6.07) is 5.69. The second-order valence-corrected chi connectivity index (χ2v) is 10.8. The highest BCUT2D eigenvalue weighted by Crippen LogP contribution is 2.28. The summed E-state index contributed by atoms with van der Waals surface area (Å²) in [6.45, 7) is 5.60. The van der Waals surface area contributed by atoms with Gasteiger partial charge < -0.3 is 34.6 Å². The van der Waals surface area contributed by atoms with Crippen LogP contribution in [0.15, 0.2) is 34.7 Å². The van der Waals surface area contributed by atoms with Gasteiger partial charge in [0, 0.05) is 17.5 Å². The Morgan fingerprint density at radius 2 is 1.71 bits per heavy atom. The van der Waals surface area contributed by atoms with Crippen molar-refractivity contribution < 1.29 is 52.6 Å². The number of esters is 2. The van der Waals surface area contributed by atoms with Crippen molar-refractivity contribution >= 4 is 36.1 Å². The molecule has 48 heavy (non-hydrogen) atoms. The molecule has 0 aliphatic heterocycles. The van der Waals surface area contributed by atoms with Crippen molar-refractivity contribution in [2.75, 3.05) is 27.5 Å². The monoisotopic (exact) mass is 674 g/mol. The van der Waals surface area contributed by atoms with E-state index in [1.807, 2.05) is 6.92 Å². The molecule has 1 aromatic heterocycles. The van der Waals surface area contributed by atoms with Gasteiger partial charge in [-0.05, 0) is 56.5 Å². The van der Waals surface area contributed by atoms with Crippen molar-refractivity contribution in [1.82, 2.24) is 21.0 Å². The topological polar surface area (TPSA) is 203 Å². The molecule has 3 atom stereocenters. The minimum absolute atomic E-state index is 0.0441. The second kappa shape index (κ2) is 20.3. The van der Waals surface area contributed by atoms with E-state index >= 15 is 0 Å². The Kier molecular flexibility index (Phi) is 16.6. The molecule has 1 heterocycles. The molecule has 4 N–H and O–H groups in total. The van der Waals surface area contributed by atoms with Crippen LogP contribution in [0.1, 0.15) is 86.6 Å². The van der Waals surface area contributed by atoms with Gasteiger partial charge in [0.2, 0.25) is 12.3 Å². The Bertz CT molecular complexity index is 1390. The molecule has 0 aliphatic rings. The molecule has 2 aromatic rings. The number of rotatable bonds is 21. The molecule has 0 bridgehead atoms. The first-order valence-electron chi connectivity index (χ1n) is 15.8. The van der Waals surface area contributed by atoms with E-state index in [0.29, 0.717) is 29.2 Å². The summed E-state index contributed by atoms with van der Waals surface area (Å²) in [5.41, 5.74) is 0.509. The molecule has 0 saturated heterocycles. The lowest BCUT2D eigenvalue weighted by Crippen LogP contribution is -2.47. The third-order valence-electron chi connectivity index (χ3n) is 7.55. The Balaban J connectivity index is 2.17. The lowest BCUT2D eigenvalue weighted by atomic mass is 9.90. The number of unbranched alkanes of at least 4 members (excludes halogenated alkanes) is 2. The number of benzene rings is 1. The van der Waals surface area contributed by atoms with Gasteiger partial charge in [-0.15, -0.1) is 0 Å². The highest BCUT2D eigenvalue weighted by atomic mass is 16.5. The highest BCUT2D eigenvalue weighted by Gasteiger charge is 2.31. The van der Waals surface area contributed by atoms with Gasteiger partial charge in [0.25, 0.3) is 11.8 Å². The molecule has 0 radical (unpaired) electrons. The fourth-order valence-electron chi connectivity index (χ4n) is 5.01. The lowest BCUT2D eigenvalue weighted by molar-refractivity contribution is -0.168. The molecule has 0 aliphatic carbocycles. The molecule has 264 valence electrons. The number of carbonyl (C=O) groups excluding carboxylic acids is 6. The van der Waals surface area contributed by atoms with Gasteiger partial charge in [-0.3, -0.25) is 29.2 Å². The summed E-state index contributed by atoms with van der Waals surface area (Å²) in [4.78, 5) is 74.1. The number of methoxy groups -OCH3 is 2. The molecule has 15 nitrogen and oxygen atoms in total. The summed E-state index contributed by atoms with van der Waals surface area (Å²) < 4.78 is 20.8. The van der Waals surface area contributed by atoms with Crippen molar-refractivity contribution in [2.24, 2.45) is 5.92 Å². The van der Waals surface area contributed by atoms with Crippen LogP contribution in [-0.4, -0.2) is 85.9 Å². The second-order valence-electron chi connectivity index (χ2n) is 10.8. The maximum Gasteiger partial charge on any atom is 0.328 e. The van der Waals surface area contributed by atoms with Gasteiger partial charge in [0.15, 0.2) is 5.76 Å². The predicted molar refractivity (Wildman–Crippen MR) is 172 cm³/mol. The van der Waals surface area contributed by atoms with E-state index in [1.54, 1.807) is 19.9 Å². The van der Waals surface area contributed by atoms with Gasteiger partial charge in [0.05, 0.1) is 39.5 Å². The summed E-state index contributed by atoms with van der Waals surface area (Å²) >= 11 is 0. The minimum atomic E-state index is -1.12. The van der Waals surface area contributed by atoms with Crippen LogP contribution >= 0.6 is 0 Å². The number of nitrogens with zero attached hydrogens (tertiary/aromatic N) is 1. The number of furan rings is 1. The third kappa shape index (κ3) is 11.7. The van der Waals surface area contributed by atoms with E-state index in [4.69, 9.17) is 13.9 Å². The van der Waals surface area contributed by atoms with Gasteiger partial charge >= 0.3 is 11.9 Å². The van der Waals surface area contributed by atoms with Crippen LogP contribution in [0.4, 0.5) is 0 Å². The normalized spacial score (nSPS) is 12.5. The van der Waals surface area contributed by atoms with Crippen LogP contribution in [-0.2, 0) is 28.7 Å². The summed E-state index contributed by atoms with van der Waals surface area (Å²) in [5.74, 6) is -3.18. The summed E-state index contributed by atoms with van der Waals surface area (Å²) in [5, 5.41) is 18.3. The van der Waals surface area contributed by atoms with E-state index in [0.717, 1.165) is 19.3 Å². The average molecular weight is 675 g/mol. The van der Waals surface area contributed by atoms with E-state index in [2.05, 4.69) is 20.7 Å². The summed E-state index contributed by atoms with van der Waals surface area (Å²) in [6.07, 6.45) is 3.47. The van der Waals surface area contributed by atoms with Crippen LogP contribution in [0.2, 0.25) is 0 Å². The maximum atomic E-state index is 13.2. The number of hydrogen-bond donors (Lipinski definition) is 4. The molecule has 1 aromatic carbocycles. The standard InChI is InChI=1S/C33H46N4O11/c1-6-9-10-11-24(26(7-2)37(44)20-38)31(41)34-19-35-32(42)28-14-13-27(48-28)21-16-22(18-23(17-21)47-8-3)30(40)36-25(33(43)46-5)12-15-29(39)45-4/h13-14,16-18,20,24-26,44H,6-12,15,19H2,1-5H3,(H,34,41)(H,35,42)(H,36,40). The zero-order valence-corrected chi connectivity index (χ0v) is 28.0. The van der Waals surface area contributed by atoms with Crippen LogP contribution in [0.5, 0.6) is 5.75 Å². The highest BCUT2D eigenvalue weighted by molar-refractivity contribution is 5.98. The van der Waals surface area contributed by atoms with Gasteiger partial charge in [-0.1, -0.05) is 33.1 Å². The van der Waals surface area contributed by atoms with Gasteiger partial charge in [0.1, 0.15) is 17.6 Å². The van der Waals surface area contributed by atoms with Crippen molar-refractivity contribution in [2.45, 2.75) is 77.8 Å². The van der Waals surface area contributed by atoms with E-state index in [1.165, 1.54) is 38.5 Å². The number of hydroxylamine groups is 2. The van der Waals surface area contributed by atoms with Crippen molar-refractivity contribution in [3.05, 3.63) is 41.7 Å². The number of hydrogen-bond acceptors (Lipinski definition) is 11. The first-order chi connectivity index (χ1) is 23.0. The largest absolute Gasteiger partial charge is 0.494 e. The van der Waals surface area contributed by atoms with Crippen LogP contribution in [0.25, 0.3) is 11.3 Å². The zero-order chi connectivity index (χ0) is 35.6. The molecule has 15 heteroatoms. The van der Waals surface area contributed by atoms with Gasteiger partial charge in [-0.25, -0.2) is 9.86 Å². The minimum Gasteiger partial charge on any atom is -0.494 e. The molecular formula is C33H46N4O11. The first-order valence-corrected chi connectivity index (χ1v) is 15.8. The number of nitrogens with one attached hydrogen (secondary N) is 3. The van der Waals surface area contributed by atoms with E-state index in [9.17, 15) is 34.0 Å². The fourth-order valence-corrected chi connectivity index (χ4v) is 5.01. The molecule has 2 rings (SSSR count). The SMILES string of the molecule is CCCCCC(C(=O)NCNC(=O)c1ccc(-c2cc(OCC)cc(C(=O)NC(CCC(=O)OC)C(=O)OC)c2)o1)C(CC)N(O)C=O. The Labute approximate surface area is 279 Å². The lowest BCUT2D eigenvalue weighted by Gasteiger charge is -2.29. The molecule has 3 unspecified atom stereocenters. The molecular weight excluding hydrogens is 628 g/mol. The molecule has 0 spiro atoms. The third-order valence-corrected chi connectivity index (χ3v) is 7.55. The smallest absolute Gasteiger partial charge is 0.328 e. The molecule has 0 fully saturated rings. The van der Waals surface area contributed by atoms with Crippen LogP contribution in [0.3, 0.4) is 0 Å². The van der Waals surface area contributed by atoms with Crippen molar-refractivity contribution in [1.29, 1.82) is 0 Å². The Morgan fingerprint density at radius 1 is 0.958 bits per heavy atom. The van der Waals surface area contributed by atoms with Crippen molar-refractivity contribution in [3.63, 3.8) is 0 Å². The maximum absolute atomic E-state index is 13.2. The Hall–Kier alpha value is -4.92. The molecule has 4 amide bonds. The van der Waals surface area contributed by atoms with Crippen LogP contribution in [0, 0.1) is 5.92 Å². The quantitative estimate of drug-likeness (QED) is 0.0378. The van der Waals surface area contributed by atoms with Crippen molar-refractivity contribution in [3.8, 4) is 17.1 Å². The predicted octanol–water partition coefficient (Wildman–Crippen LogP) is 3.20. The van der Waals surface area contributed by atoms with Crippen LogP contribution < -0.4 is 20.7 Å². The Morgan fingerprint density at radius 3 is 2.33 bits per heavy atom. The number of ether oxygens (including phenoxy) is 3. The first kappa shape index (κ1) is 39.3. The van der Waals surface area contributed by atoms with E-state index in [-0.39, 0.29) is 49.6 Å². The number of amides is 4. The van der Waals surface area contributed by atoms with Gasteiger partial charge in [-0.2, -0.15) is 0 Å². The zero-order valence-electron chi connectivity index (χ0n) is 28.0. The number of carbonyl (C=O) groups is 6. The fraction of sp³-hybridized carbons (Fsp3) is 0.515.